The molecule has 1 aromatic rings. The molecule has 0 aliphatic carbocycles. The molecule has 1 aromatic heterocycles. The SMILES string of the molecule is C[C@H]([CH]C(=O)NC1CCCN(S(=O)(=O)c2ccccn2)CC1O)CC(N)=O. The number of sulfonamides is 1. The van der Waals surface area contributed by atoms with Crippen LogP contribution in [-0.4, -0.2) is 59.9 Å². The molecule has 0 spiro atoms. The molecule has 1 saturated heterocycles. The summed E-state index contributed by atoms with van der Waals surface area (Å²) in [6.07, 6.45) is 2.63. The number of rotatable bonds is 7. The summed E-state index contributed by atoms with van der Waals surface area (Å²) in [4.78, 5) is 26.9. The number of hydrogen-bond donors (Lipinski definition) is 3. The van der Waals surface area contributed by atoms with Crippen molar-refractivity contribution in [2.45, 2.75) is 43.4 Å². The highest BCUT2D eigenvalue weighted by Crippen LogP contribution is 2.19. The van der Waals surface area contributed by atoms with Crippen molar-refractivity contribution in [3.8, 4) is 0 Å². The number of nitrogens with zero attached hydrogens (tertiary/aromatic N) is 2. The highest BCUT2D eigenvalue weighted by atomic mass is 32.2. The van der Waals surface area contributed by atoms with Gasteiger partial charge in [-0.15, -0.1) is 0 Å². The minimum absolute atomic E-state index is 0.0523. The van der Waals surface area contributed by atoms with Crippen molar-refractivity contribution >= 4 is 21.8 Å². The van der Waals surface area contributed by atoms with E-state index in [4.69, 9.17) is 5.73 Å². The zero-order valence-corrected chi connectivity index (χ0v) is 15.9. The van der Waals surface area contributed by atoms with Crippen LogP contribution in [0.5, 0.6) is 0 Å². The molecule has 149 valence electrons. The van der Waals surface area contributed by atoms with Gasteiger partial charge in [-0.25, -0.2) is 13.4 Å². The lowest BCUT2D eigenvalue weighted by atomic mass is 10.0. The molecule has 1 aliphatic heterocycles. The largest absolute Gasteiger partial charge is 0.390 e. The summed E-state index contributed by atoms with van der Waals surface area (Å²) < 4.78 is 26.5. The topological polar surface area (TPSA) is 143 Å². The molecule has 2 unspecified atom stereocenters. The predicted octanol–water partition coefficient (Wildman–Crippen LogP) is -0.572. The molecule has 2 amide bonds. The summed E-state index contributed by atoms with van der Waals surface area (Å²) in [6, 6.07) is 4.03. The van der Waals surface area contributed by atoms with E-state index in [2.05, 4.69) is 10.3 Å². The van der Waals surface area contributed by atoms with E-state index in [1.54, 1.807) is 19.1 Å². The first-order chi connectivity index (χ1) is 12.7. The van der Waals surface area contributed by atoms with E-state index >= 15 is 0 Å². The van der Waals surface area contributed by atoms with E-state index in [-0.39, 0.29) is 30.5 Å². The van der Waals surface area contributed by atoms with Gasteiger partial charge >= 0.3 is 0 Å². The molecule has 1 fully saturated rings. The lowest BCUT2D eigenvalue weighted by Crippen LogP contribution is -2.47. The third-order valence-electron chi connectivity index (χ3n) is 4.31. The fraction of sp³-hybridized carbons (Fsp3) is 0.529. The van der Waals surface area contributed by atoms with Crippen molar-refractivity contribution in [3.05, 3.63) is 30.8 Å². The van der Waals surface area contributed by atoms with Gasteiger partial charge < -0.3 is 16.2 Å². The van der Waals surface area contributed by atoms with Gasteiger partial charge in [-0.1, -0.05) is 13.0 Å². The van der Waals surface area contributed by atoms with Crippen LogP contribution < -0.4 is 11.1 Å². The molecule has 0 aromatic carbocycles. The van der Waals surface area contributed by atoms with Crippen LogP contribution in [0, 0.1) is 12.3 Å². The number of carbonyl (C=O) groups excluding carboxylic acids is 2. The molecule has 0 bridgehead atoms. The fourth-order valence-electron chi connectivity index (χ4n) is 2.99. The van der Waals surface area contributed by atoms with Gasteiger partial charge in [0.1, 0.15) is 0 Å². The Kier molecular flexibility index (Phi) is 7.28. The molecule has 27 heavy (non-hydrogen) atoms. The summed E-state index contributed by atoms with van der Waals surface area (Å²) in [5.74, 6) is -1.25. The molecule has 10 heteroatoms. The number of aliphatic hydroxyl groups excluding tert-OH is 1. The first kappa shape index (κ1) is 21.3. The Balaban J connectivity index is 1.98. The summed E-state index contributed by atoms with van der Waals surface area (Å²) >= 11 is 0. The van der Waals surface area contributed by atoms with Crippen LogP contribution in [0.2, 0.25) is 0 Å². The molecular formula is C17H25N4O5S. The van der Waals surface area contributed by atoms with Crippen LogP contribution >= 0.6 is 0 Å². The Labute approximate surface area is 159 Å². The van der Waals surface area contributed by atoms with E-state index in [9.17, 15) is 23.1 Å². The van der Waals surface area contributed by atoms with Gasteiger partial charge in [0, 0.05) is 25.7 Å². The van der Waals surface area contributed by atoms with Gasteiger partial charge in [0.2, 0.25) is 11.8 Å². The van der Waals surface area contributed by atoms with Crippen LogP contribution in [0.25, 0.3) is 0 Å². The third-order valence-corrected chi connectivity index (χ3v) is 6.09. The number of amides is 2. The number of pyridine rings is 1. The molecule has 9 nitrogen and oxygen atoms in total. The van der Waals surface area contributed by atoms with Crippen LogP contribution in [0.1, 0.15) is 26.2 Å². The molecule has 4 N–H and O–H groups in total. The number of β-amino-alcohol motifs (C(OH)–C–C–N with tert-alkyl or cyclic N) is 1. The van der Waals surface area contributed by atoms with Crippen molar-refractivity contribution in [2.75, 3.05) is 13.1 Å². The van der Waals surface area contributed by atoms with Gasteiger partial charge in [0.25, 0.3) is 10.0 Å². The van der Waals surface area contributed by atoms with E-state index in [0.29, 0.717) is 12.8 Å². The Morgan fingerprint density at radius 2 is 2.22 bits per heavy atom. The fourth-order valence-corrected chi connectivity index (χ4v) is 4.42. The first-order valence-electron chi connectivity index (χ1n) is 8.73. The highest BCUT2D eigenvalue weighted by molar-refractivity contribution is 7.89. The van der Waals surface area contributed by atoms with Crippen LogP contribution in [0.3, 0.4) is 0 Å². The van der Waals surface area contributed by atoms with Gasteiger partial charge in [0.05, 0.1) is 18.6 Å². The van der Waals surface area contributed by atoms with Crippen molar-refractivity contribution in [3.63, 3.8) is 0 Å². The lowest BCUT2D eigenvalue weighted by Gasteiger charge is -2.25. The molecule has 2 rings (SSSR count). The smallest absolute Gasteiger partial charge is 0.260 e. The first-order valence-corrected chi connectivity index (χ1v) is 10.2. The van der Waals surface area contributed by atoms with Gasteiger partial charge in [-0.2, -0.15) is 4.31 Å². The van der Waals surface area contributed by atoms with E-state index in [1.165, 1.54) is 23.0 Å². The minimum Gasteiger partial charge on any atom is -0.390 e. The monoisotopic (exact) mass is 397 g/mol. The van der Waals surface area contributed by atoms with Crippen molar-refractivity contribution in [1.82, 2.24) is 14.6 Å². The molecule has 1 radical (unpaired) electrons. The molecule has 2 heterocycles. The van der Waals surface area contributed by atoms with Crippen molar-refractivity contribution < 1.29 is 23.1 Å². The molecule has 1 aliphatic rings. The van der Waals surface area contributed by atoms with E-state index in [1.807, 2.05) is 0 Å². The zero-order valence-electron chi connectivity index (χ0n) is 15.1. The second-order valence-electron chi connectivity index (χ2n) is 6.67. The lowest BCUT2D eigenvalue weighted by molar-refractivity contribution is -0.120. The Morgan fingerprint density at radius 3 is 2.85 bits per heavy atom. The number of aromatic nitrogens is 1. The zero-order chi connectivity index (χ0) is 20.0. The number of primary amides is 1. The maximum atomic E-state index is 12.7. The summed E-state index contributed by atoms with van der Waals surface area (Å²) in [5.41, 5.74) is 5.10. The Morgan fingerprint density at radius 1 is 1.48 bits per heavy atom. The van der Waals surface area contributed by atoms with Crippen LogP contribution in [0.4, 0.5) is 0 Å². The summed E-state index contributed by atoms with van der Waals surface area (Å²) in [6.45, 7) is 1.78. The number of aliphatic hydroxyl groups is 1. The quantitative estimate of drug-likeness (QED) is 0.562. The van der Waals surface area contributed by atoms with Crippen molar-refractivity contribution in [1.29, 1.82) is 0 Å². The normalized spacial score (nSPS) is 22.6. The predicted molar refractivity (Wildman–Crippen MR) is 97.4 cm³/mol. The summed E-state index contributed by atoms with van der Waals surface area (Å²) in [7, 11) is -3.81. The maximum Gasteiger partial charge on any atom is 0.260 e. The van der Waals surface area contributed by atoms with Crippen molar-refractivity contribution in [2.24, 2.45) is 11.7 Å². The average molecular weight is 397 g/mol. The highest BCUT2D eigenvalue weighted by Gasteiger charge is 2.33. The van der Waals surface area contributed by atoms with Crippen LogP contribution in [0.15, 0.2) is 29.4 Å². The van der Waals surface area contributed by atoms with Crippen LogP contribution in [-0.2, 0) is 19.6 Å². The van der Waals surface area contributed by atoms with E-state index < -0.39 is 34.0 Å². The maximum absolute atomic E-state index is 12.7. The van der Waals surface area contributed by atoms with Gasteiger partial charge in [0.15, 0.2) is 5.03 Å². The van der Waals surface area contributed by atoms with Gasteiger partial charge in [-0.3, -0.25) is 9.59 Å². The third kappa shape index (κ3) is 5.98. The Bertz CT molecular complexity index is 756. The standard InChI is InChI=1S/C17H25N4O5S/c1-12(9-15(18)23)10-16(24)20-13-5-4-8-21(11-14(13)22)27(25,26)17-6-2-3-7-19-17/h2-3,6-7,10,12-14,22H,4-5,8-9,11H2,1H3,(H2,18,23)(H,20,24)/t12-,13?,14?/m0/s1. The van der Waals surface area contributed by atoms with Gasteiger partial charge in [-0.05, 0) is 30.9 Å². The summed E-state index contributed by atoms with van der Waals surface area (Å²) in [5, 5.41) is 13.0. The number of carbonyl (C=O) groups is 2. The number of hydrogen-bond acceptors (Lipinski definition) is 6. The second-order valence-corrected chi connectivity index (χ2v) is 8.55. The number of nitrogens with two attached hydrogens (primary N) is 1. The Hall–Kier alpha value is -2.04. The molecule has 0 saturated carbocycles. The second kappa shape index (κ2) is 9.25. The number of nitrogens with one attached hydrogen (secondary N) is 1. The average Bonchev–Trinajstić information content (AvgIpc) is 2.77. The molecule has 3 atom stereocenters. The molecular weight excluding hydrogens is 372 g/mol. The van der Waals surface area contributed by atoms with E-state index in [0.717, 1.165) is 0 Å². The minimum atomic E-state index is -3.81.